The van der Waals surface area contributed by atoms with Gasteiger partial charge in [0, 0.05) is 5.02 Å². The molecule has 1 aromatic carbocycles. The minimum atomic E-state index is 0.0208. The summed E-state index contributed by atoms with van der Waals surface area (Å²) in [5, 5.41) is 0.701. The molecule has 0 saturated heterocycles. The van der Waals surface area contributed by atoms with E-state index in [9.17, 15) is 4.79 Å². The summed E-state index contributed by atoms with van der Waals surface area (Å²) in [5.74, 6) is 0.0208. The molecule has 1 aromatic rings. The summed E-state index contributed by atoms with van der Waals surface area (Å²) in [6.45, 7) is 5.73. The molecule has 0 heterocycles. The maximum absolute atomic E-state index is 11.5. The second-order valence-corrected chi connectivity index (χ2v) is 4.39. The molecule has 0 aromatic heterocycles. The van der Waals surface area contributed by atoms with E-state index in [1.807, 2.05) is 45.0 Å². The van der Waals surface area contributed by atoms with E-state index in [0.29, 0.717) is 5.02 Å². The van der Waals surface area contributed by atoms with Crippen LogP contribution in [-0.2, 0) is 4.79 Å². The van der Waals surface area contributed by atoms with Gasteiger partial charge < -0.3 is 0 Å². The minimum Gasteiger partial charge on any atom is -0.290 e. The van der Waals surface area contributed by atoms with Gasteiger partial charge in [0.1, 0.15) is 0 Å². The number of ketones is 1. The first-order valence-electron chi connectivity index (χ1n) is 5.12. The summed E-state index contributed by atoms with van der Waals surface area (Å²) in [4.78, 5) is 11.5. The smallest absolute Gasteiger partial charge is 0.178 e. The largest absolute Gasteiger partial charge is 0.290 e. The van der Waals surface area contributed by atoms with Crippen molar-refractivity contribution in [2.24, 2.45) is 0 Å². The Morgan fingerprint density at radius 2 is 1.62 bits per heavy atom. The summed E-state index contributed by atoms with van der Waals surface area (Å²) in [6, 6.07) is 7.45. The van der Waals surface area contributed by atoms with Crippen molar-refractivity contribution < 1.29 is 4.79 Å². The number of hydrogen-bond acceptors (Lipinski definition) is 1. The van der Waals surface area contributed by atoms with Crippen molar-refractivity contribution in [3.63, 3.8) is 0 Å². The summed E-state index contributed by atoms with van der Waals surface area (Å²) >= 11 is 5.80. The van der Waals surface area contributed by atoms with Crippen molar-refractivity contribution in [1.82, 2.24) is 0 Å². The lowest BCUT2D eigenvalue weighted by molar-refractivity contribution is -0.110. The van der Waals surface area contributed by atoms with E-state index in [2.05, 4.69) is 0 Å². The highest BCUT2D eigenvalue weighted by atomic mass is 35.5. The third kappa shape index (κ3) is 4.03. The summed E-state index contributed by atoms with van der Waals surface area (Å²) in [5.41, 5.74) is 2.96. The van der Waals surface area contributed by atoms with Crippen LogP contribution in [0.3, 0.4) is 0 Å². The first kappa shape index (κ1) is 12.7. The summed E-state index contributed by atoms with van der Waals surface area (Å²) < 4.78 is 0. The standard InChI is InChI=1S/C14H15ClO/c1-10(2)8-14(16)9-11(3)12-4-6-13(15)7-5-12/h4-9H,1-3H3. The van der Waals surface area contributed by atoms with Crippen LogP contribution in [0.25, 0.3) is 5.57 Å². The summed E-state index contributed by atoms with van der Waals surface area (Å²) in [7, 11) is 0. The van der Waals surface area contributed by atoms with Gasteiger partial charge in [-0.25, -0.2) is 0 Å². The van der Waals surface area contributed by atoms with Crippen molar-refractivity contribution >= 4 is 23.0 Å². The van der Waals surface area contributed by atoms with Crippen molar-refractivity contribution in [3.8, 4) is 0 Å². The lowest BCUT2D eigenvalue weighted by Crippen LogP contribution is -1.89. The molecule has 0 fully saturated rings. The zero-order chi connectivity index (χ0) is 12.1. The van der Waals surface area contributed by atoms with Crippen LogP contribution in [-0.4, -0.2) is 5.78 Å². The van der Waals surface area contributed by atoms with Crippen LogP contribution in [0.5, 0.6) is 0 Å². The molecule has 0 radical (unpaired) electrons. The molecule has 0 unspecified atom stereocenters. The molecule has 0 N–H and O–H groups in total. The SMILES string of the molecule is CC(C)=CC(=O)C=C(C)c1ccc(Cl)cc1. The van der Waals surface area contributed by atoms with Crippen LogP contribution in [0, 0.1) is 0 Å². The maximum atomic E-state index is 11.5. The lowest BCUT2D eigenvalue weighted by atomic mass is 10.1. The van der Waals surface area contributed by atoms with E-state index < -0.39 is 0 Å². The molecule has 0 spiro atoms. The van der Waals surface area contributed by atoms with Crippen molar-refractivity contribution in [3.05, 3.63) is 52.6 Å². The van der Waals surface area contributed by atoms with Gasteiger partial charge in [0.05, 0.1) is 0 Å². The fourth-order valence-corrected chi connectivity index (χ4v) is 1.46. The summed E-state index contributed by atoms with van der Waals surface area (Å²) in [6.07, 6.45) is 3.26. The second kappa shape index (κ2) is 5.66. The Morgan fingerprint density at radius 3 is 2.12 bits per heavy atom. The van der Waals surface area contributed by atoms with Gasteiger partial charge in [-0.2, -0.15) is 0 Å². The molecule has 1 nitrogen and oxygen atoms in total. The van der Waals surface area contributed by atoms with Gasteiger partial charge in [0.15, 0.2) is 5.78 Å². The number of carbonyl (C=O) groups excluding carboxylic acids is 1. The molecule has 0 aliphatic rings. The third-order valence-electron chi connectivity index (χ3n) is 2.09. The Bertz CT molecular complexity index is 434. The van der Waals surface area contributed by atoms with Crippen molar-refractivity contribution in [2.45, 2.75) is 20.8 Å². The maximum Gasteiger partial charge on any atom is 0.178 e. The average molecular weight is 235 g/mol. The Balaban J connectivity index is 2.89. The monoisotopic (exact) mass is 234 g/mol. The lowest BCUT2D eigenvalue weighted by Gasteiger charge is -2.00. The molecular formula is C14H15ClO. The minimum absolute atomic E-state index is 0.0208. The van der Waals surface area contributed by atoms with E-state index in [4.69, 9.17) is 11.6 Å². The molecule has 0 saturated carbocycles. The Morgan fingerprint density at radius 1 is 1.06 bits per heavy atom. The molecule has 2 heteroatoms. The quantitative estimate of drug-likeness (QED) is 0.714. The van der Waals surface area contributed by atoms with Crippen LogP contribution < -0.4 is 0 Å². The number of carbonyl (C=O) groups is 1. The van der Waals surface area contributed by atoms with E-state index in [1.54, 1.807) is 12.2 Å². The highest BCUT2D eigenvalue weighted by Gasteiger charge is 1.98. The van der Waals surface area contributed by atoms with Crippen LogP contribution in [0.1, 0.15) is 26.3 Å². The Hall–Kier alpha value is -1.34. The first-order valence-corrected chi connectivity index (χ1v) is 5.50. The highest BCUT2D eigenvalue weighted by Crippen LogP contribution is 2.17. The molecular weight excluding hydrogens is 220 g/mol. The number of halogens is 1. The van der Waals surface area contributed by atoms with E-state index >= 15 is 0 Å². The van der Waals surface area contributed by atoms with Gasteiger partial charge in [-0.1, -0.05) is 29.3 Å². The van der Waals surface area contributed by atoms with E-state index in [1.165, 1.54) is 0 Å². The van der Waals surface area contributed by atoms with Crippen LogP contribution >= 0.6 is 11.6 Å². The zero-order valence-corrected chi connectivity index (χ0v) is 10.5. The normalized spacial score (nSPS) is 11.1. The number of rotatable bonds is 3. The number of hydrogen-bond donors (Lipinski definition) is 0. The fourth-order valence-electron chi connectivity index (χ4n) is 1.34. The third-order valence-corrected chi connectivity index (χ3v) is 2.34. The van der Waals surface area contributed by atoms with E-state index in [-0.39, 0.29) is 5.78 Å². The molecule has 0 bridgehead atoms. The zero-order valence-electron chi connectivity index (χ0n) is 9.75. The van der Waals surface area contributed by atoms with Gasteiger partial charge in [0.2, 0.25) is 0 Å². The average Bonchev–Trinajstić information content (AvgIpc) is 2.16. The molecule has 0 atom stereocenters. The van der Waals surface area contributed by atoms with Crippen LogP contribution in [0.2, 0.25) is 5.02 Å². The number of allylic oxidation sites excluding steroid dienone is 4. The van der Waals surface area contributed by atoms with Crippen LogP contribution in [0.15, 0.2) is 42.0 Å². The predicted molar refractivity (Wildman–Crippen MR) is 69.5 cm³/mol. The molecule has 16 heavy (non-hydrogen) atoms. The van der Waals surface area contributed by atoms with Gasteiger partial charge in [-0.15, -0.1) is 0 Å². The molecule has 84 valence electrons. The fraction of sp³-hybridized carbons (Fsp3) is 0.214. The second-order valence-electron chi connectivity index (χ2n) is 3.96. The predicted octanol–water partition coefficient (Wildman–Crippen LogP) is 4.28. The molecule has 1 rings (SSSR count). The topological polar surface area (TPSA) is 17.1 Å². The van der Waals surface area contributed by atoms with Gasteiger partial charge >= 0.3 is 0 Å². The molecule has 0 amide bonds. The van der Waals surface area contributed by atoms with E-state index in [0.717, 1.165) is 16.7 Å². The first-order chi connectivity index (χ1) is 7.49. The van der Waals surface area contributed by atoms with Gasteiger partial charge in [-0.3, -0.25) is 4.79 Å². The molecule has 0 aliphatic heterocycles. The highest BCUT2D eigenvalue weighted by molar-refractivity contribution is 6.30. The Labute approximate surface area is 101 Å². The van der Waals surface area contributed by atoms with Gasteiger partial charge in [0.25, 0.3) is 0 Å². The van der Waals surface area contributed by atoms with Crippen LogP contribution in [0.4, 0.5) is 0 Å². The van der Waals surface area contributed by atoms with Crippen molar-refractivity contribution in [1.29, 1.82) is 0 Å². The molecule has 0 aliphatic carbocycles. The van der Waals surface area contributed by atoms with Gasteiger partial charge in [-0.05, 0) is 56.2 Å². The number of benzene rings is 1. The van der Waals surface area contributed by atoms with Crippen molar-refractivity contribution in [2.75, 3.05) is 0 Å². The Kier molecular flexibility index (Phi) is 4.51.